The number of hydrogen-bond donors (Lipinski definition) is 0. The van der Waals surface area contributed by atoms with Gasteiger partial charge in [0.15, 0.2) is 12.4 Å². The van der Waals surface area contributed by atoms with Gasteiger partial charge in [-0.25, -0.2) is 4.79 Å². The number of carbonyl (C=O) groups is 2. The fourth-order valence-electron chi connectivity index (χ4n) is 3.29. The van der Waals surface area contributed by atoms with Gasteiger partial charge in [-0.15, -0.1) is 0 Å². The highest BCUT2D eigenvalue weighted by molar-refractivity contribution is 5.99. The Morgan fingerprint density at radius 3 is 2.71 bits per heavy atom. The van der Waals surface area contributed by atoms with Gasteiger partial charge in [0.05, 0.1) is 17.1 Å². The second-order valence-electron chi connectivity index (χ2n) is 6.39. The van der Waals surface area contributed by atoms with E-state index in [1.54, 1.807) is 11.8 Å². The van der Waals surface area contributed by atoms with Crippen LogP contribution in [0.4, 0.5) is 11.4 Å². The van der Waals surface area contributed by atoms with Gasteiger partial charge in [-0.1, -0.05) is 18.2 Å². The van der Waals surface area contributed by atoms with E-state index in [0.717, 1.165) is 23.7 Å². The number of nitro groups is 1. The zero-order chi connectivity index (χ0) is 20.3. The van der Waals surface area contributed by atoms with Gasteiger partial charge >= 0.3 is 11.7 Å². The third kappa shape index (κ3) is 3.80. The molecular weight excluding hydrogens is 364 g/mol. The lowest BCUT2D eigenvalue weighted by atomic mass is 10.1. The Bertz CT molecular complexity index is 927. The number of amides is 1. The van der Waals surface area contributed by atoms with Gasteiger partial charge in [0.25, 0.3) is 5.91 Å². The van der Waals surface area contributed by atoms with Crippen molar-refractivity contribution in [2.75, 3.05) is 18.1 Å². The van der Waals surface area contributed by atoms with Gasteiger partial charge in [-0.05, 0) is 44.0 Å². The summed E-state index contributed by atoms with van der Waals surface area (Å²) in [6.45, 7) is 3.44. The van der Waals surface area contributed by atoms with Crippen LogP contribution in [0.5, 0.6) is 5.75 Å². The average Bonchev–Trinajstić information content (AvgIpc) is 3.02. The third-order valence-corrected chi connectivity index (χ3v) is 4.49. The molecule has 2 aromatic carbocycles. The Morgan fingerprint density at radius 2 is 2.00 bits per heavy atom. The Labute approximate surface area is 161 Å². The predicted octanol–water partition coefficient (Wildman–Crippen LogP) is 3.13. The molecular formula is C20H20N2O6. The quantitative estimate of drug-likeness (QED) is 0.431. The van der Waals surface area contributed by atoms with Gasteiger partial charge in [-0.2, -0.15) is 0 Å². The molecule has 8 heteroatoms. The molecule has 0 saturated heterocycles. The molecule has 0 aliphatic carbocycles. The largest absolute Gasteiger partial charge is 0.487 e. The lowest BCUT2D eigenvalue weighted by molar-refractivity contribution is -0.385. The fourth-order valence-corrected chi connectivity index (χ4v) is 3.29. The molecule has 8 nitrogen and oxygen atoms in total. The Kier molecular flexibility index (Phi) is 5.58. The summed E-state index contributed by atoms with van der Waals surface area (Å²) in [6.07, 6.45) is 0.737. The van der Waals surface area contributed by atoms with Crippen LogP contribution in [0, 0.1) is 10.1 Å². The second kappa shape index (κ2) is 8.08. The highest BCUT2D eigenvalue weighted by atomic mass is 16.6. The summed E-state index contributed by atoms with van der Waals surface area (Å²) in [5.41, 5.74) is 1.53. The standard InChI is InChI=1S/C20H20N2O6/c1-3-27-18-9-8-15(11-17(18)22(25)26)20(24)28-12-19(23)21-13(2)10-14-6-4-5-7-16(14)21/h4-9,11,13H,3,10,12H2,1-2H3/t13-/m0/s1. The van der Waals surface area contributed by atoms with Crippen molar-refractivity contribution >= 4 is 23.3 Å². The van der Waals surface area contributed by atoms with Crippen LogP contribution >= 0.6 is 0 Å². The molecule has 28 heavy (non-hydrogen) atoms. The van der Waals surface area contributed by atoms with Crippen LogP contribution in [0.25, 0.3) is 0 Å². The van der Waals surface area contributed by atoms with Crippen LogP contribution in [0.1, 0.15) is 29.8 Å². The normalized spacial score (nSPS) is 15.1. The van der Waals surface area contributed by atoms with Crippen LogP contribution in [0.15, 0.2) is 42.5 Å². The number of para-hydroxylation sites is 1. The number of hydrogen-bond acceptors (Lipinski definition) is 6. The van der Waals surface area contributed by atoms with Crippen molar-refractivity contribution in [3.8, 4) is 5.75 Å². The molecule has 1 atom stereocenters. The lowest BCUT2D eigenvalue weighted by Crippen LogP contribution is -2.38. The Balaban J connectivity index is 1.70. The van der Waals surface area contributed by atoms with Gasteiger partial charge in [-0.3, -0.25) is 14.9 Å². The molecule has 1 aliphatic heterocycles. The number of carbonyl (C=O) groups excluding carboxylic acids is 2. The smallest absolute Gasteiger partial charge is 0.338 e. The van der Waals surface area contributed by atoms with Gasteiger partial charge in [0.1, 0.15) is 0 Å². The summed E-state index contributed by atoms with van der Waals surface area (Å²) in [5.74, 6) is -1.08. The van der Waals surface area contributed by atoms with Gasteiger partial charge in [0, 0.05) is 17.8 Å². The summed E-state index contributed by atoms with van der Waals surface area (Å²) in [4.78, 5) is 37.0. The zero-order valence-corrected chi connectivity index (χ0v) is 15.6. The first-order valence-corrected chi connectivity index (χ1v) is 8.90. The van der Waals surface area contributed by atoms with E-state index in [1.807, 2.05) is 31.2 Å². The first kappa shape index (κ1) is 19.3. The molecule has 0 radical (unpaired) electrons. The first-order chi connectivity index (χ1) is 13.4. The van der Waals surface area contributed by atoms with E-state index < -0.39 is 17.5 Å². The Hall–Kier alpha value is -3.42. The number of anilines is 1. The minimum atomic E-state index is -0.806. The molecule has 0 aromatic heterocycles. The molecule has 3 rings (SSSR count). The minimum Gasteiger partial charge on any atom is -0.487 e. The van der Waals surface area contributed by atoms with E-state index in [-0.39, 0.29) is 35.6 Å². The predicted molar refractivity (Wildman–Crippen MR) is 102 cm³/mol. The van der Waals surface area contributed by atoms with Crippen molar-refractivity contribution in [1.29, 1.82) is 0 Å². The molecule has 1 heterocycles. The molecule has 0 saturated carbocycles. The number of rotatable bonds is 6. The highest BCUT2D eigenvalue weighted by Gasteiger charge is 2.31. The number of nitro benzene ring substituents is 1. The van der Waals surface area contributed by atoms with Crippen LogP contribution in [0.3, 0.4) is 0 Å². The summed E-state index contributed by atoms with van der Waals surface area (Å²) >= 11 is 0. The number of benzene rings is 2. The van der Waals surface area contributed by atoms with E-state index in [1.165, 1.54) is 12.1 Å². The van der Waals surface area contributed by atoms with Crippen molar-refractivity contribution in [1.82, 2.24) is 0 Å². The van der Waals surface area contributed by atoms with Crippen LogP contribution in [0.2, 0.25) is 0 Å². The molecule has 0 fully saturated rings. The minimum absolute atomic E-state index is 0.0159. The van der Waals surface area contributed by atoms with Crippen molar-refractivity contribution in [3.05, 3.63) is 63.7 Å². The van der Waals surface area contributed by atoms with Crippen molar-refractivity contribution < 1.29 is 24.0 Å². The maximum atomic E-state index is 12.6. The van der Waals surface area contributed by atoms with Crippen LogP contribution in [-0.4, -0.2) is 36.1 Å². The molecule has 1 aliphatic rings. The van der Waals surface area contributed by atoms with Crippen LogP contribution < -0.4 is 9.64 Å². The molecule has 0 bridgehead atoms. The monoisotopic (exact) mass is 384 g/mol. The summed E-state index contributed by atoms with van der Waals surface area (Å²) in [6, 6.07) is 11.4. The molecule has 0 spiro atoms. The average molecular weight is 384 g/mol. The van der Waals surface area contributed by atoms with E-state index in [0.29, 0.717) is 0 Å². The molecule has 0 N–H and O–H groups in total. The van der Waals surface area contributed by atoms with E-state index in [4.69, 9.17) is 9.47 Å². The second-order valence-corrected chi connectivity index (χ2v) is 6.39. The first-order valence-electron chi connectivity index (χ1n) is 8.90. The Morgan fingerprint density at radius 1 is 1.25 bits per heavy atom. The number of esters is 1. The van der Waals surface area contributed by atoms with Gasteiger partial charge < -0.3 is 14.4 Å². The van der Waals surface area contributed by atoms with Crippen molar-refractivity contribution in [3.63, 3.8) is 0 Å². The van der Waals surface area contributed by atoms with E-state index in [9.17, 15) is 19.7 Å². The van der Waals surface area contributed by atoms with Gasteiger partial charge in [0.2, 0.25) is 0 Å². The highest BCUT2D eigenvalue weighted by Crippen LogP contribution is 2.32. The third-order valence-electron chi connectivity index (χ3n) is 4.49. The number of ether oxygens (including phenoxy) is 2. The maximum absolute atomic E-state index is 12.6. The topological polar surface area (TPSA) is 99.0 Å². The number of nitrogens with zero attached hydrogens (tertiary/aromatic N) is 2. The number of fused-ring (bicyclic) bond motifs is 1. The lowest BCUT2D eigenvalue weighted by Gasteiger charge is -2.22. The van der Waals surface area contributed by atoms with Crippen molar-refractivity contribution in [2.24, 2.45) is 0 Å². The SMILES string of the molecule is CCOc1ccc(C(=O)OCC(=O)N2c3ccccc3C[C@@H]2C)cc1[N+](=O)[O-]. The molecule has 0 unspecified atom stereocenters. The summed E-state index contributed by atoms with van der Waals surface area (Å²) in [5, 5.41) is 11.2. The van der Waals surface area contributed by atoms with Crippen LogP contribution in [-0.2, 0) is 16.0 Å². The summed E-state index contributed by atoms with van der Waals surface area (Å²) < 4.78 is 10.3. The maximum Gasteiger partial charge on any atom is 0.338 e. The summed E-state index contributed by atoms with van der Waals surface area (Å²) in [7, 11) is 0. The van der Waals surface area contributed by atoms with Crippen molar-refractivity contribution in [2.45, 2.75) is 26.3 Å². The molecule has 1 amide bonds. The fraction of sp³-hybridized carbons (Fsp3) is 0.300. The molecule has 146 valence electrons. The zero-order valence-electron chi connectivity index (χ0n) is 15.6. The van der Waals surface area contributed by atoms with E-state index in [2.05, 4.69) is 0 Å². The molecule has 2 aromatic rings. The van der Waals surface area contributed by atoms with E-state index >= 15 is 0 Å².